The molecule has 0 radical (unpaired) electrons. The van der Waals surface area contributed by atoms with E-state index in [1.807, 2.05) is 51.1 Å². The first-order chi connectivity index (χ1) is 21.5. The van der Waals surface area contributed by atoms with Gasteiger partial charge in [-0.1, -0.05) is 89.1 Å². The summed E-state index contributed by atoms with van der Waals surface area (Å²) in [6, 6.07) is 27.0. The number of carbonyl (C=O) groups is 2. The molecule has 2 unspecified atom stereocenters. The zero-order valence-corrected chi connectivity index (χ0v) is 27.9. The van der Waals surface area contributed by atoms with Gasteiger partial charge >= 0.3 is 0 Å². The molecule has 0 bridgehead atoms. The Morgan fingerprint density at radius 3 is 2.13 bits per heavy atom. The summed E-state index contributed by atoms with van der Waals surface area (Å²) in [7, 11) is -4.23. The fourth-order valence-electron chi connectivity index (χ4n) is 4.78. The van der Waals surface area contributed by atoms with Gasteiger partial charge in [0.2, 0.25) is 11.8 Å². The van der Waals surface area contributed by atoms with Gasteiger partial charge in [0.05, 0.1) is 10.6 Å². The summed E-state index contributed by atoms with van der Waals surface area (Å²) in [6.45, 7) is 4.80. The number of carbonyl (C=O) groups excluding carboxylic acids is 2. The maximum atomic E-state index is 15.0. The second-order valence-corrected chi connectivity index (χ2v) is 13.7. The van der Waals surface area contributed by atoms with Crippen LogP contribution in [0.25, 0.3) is 0 Å². The molecule has 0 aromatic heterocycles. The van der Waals surface area contributed by atoms with Gasteiger partial charge in [-0.25, -0.2) is 12.8 Å². The van der Waals surface area contributed by atoms with E-state index < -0.39 is 40.2 Å². The summed E-state index contributed by atoms with van der Waals surface area (Å²) in [4.78, 5) is 29.6. The maximum Gasteiger partial charge on any atom is 0.264 e. The van der Waals surface area contributed by atoms with Gasteiger partial charge < -0.3 is 10.2 Å². The second-order valence-electron chi connectivity index (χ2n) is 10.9. The summed E-state index contributed by atoms with van der Waals surface area (Å²) in [5.74, 6) is -1.60. The van der Waals surface area contributed by atoms with Crippen molar-refractivity contribution < 1.29 is 22.4 Å². The number of amides is 2. The van der Waals surface area contributed by atoms with E-state index in [1.165, 1.54) is 23.1 Å². The van der Waals surface area contributed by atoms with Crippen LogP contribution in [-0.4, -0.2) is 43.8 Å². The third-order valence-corrected chi connectivity index (χ3v) is 9.89. The molecule has 45 heavy (non-hydrogen) atoms. The Bertz CT molecular complexity index is 1700. The van der Waals surface area contributed by atoms with Crippen LogP contribution in [0.2, 0.25) is 0 Å². The predicted octanol–water partition coefficient (Wildman–Crippen LogP) is 6.65. The van der Waals surface area contributed by atoms with Crippen LogP contribution in [0.1, 0.15) is 37.0 Å². The Hall–Kier alpha value is -4.02. The molecule has 4 rings (SSSR count). The number of rotatable bonds is 13. The third-order valence-electron chi connectivity index (χ3n) is 7.57. The molecule has 0 aliphatic heterocycles. The smallest absolute Gasteiger partial charge is 0.264 e. The zero-order valence-electron chi connectivity index (χ0n) is 25.5. The van der Waals surface area contributed by atoms with E-state index in [2.05, 4.69) is 21.2 Å². The van der Waals surface area contributed by atoms with Crippen molar-refractivity contribution in [3.8, 4) is 0 Å². The Kier molecular flexibility index (Phi) is 11.5. The van der Waals surface area contributed by atoms with Crippen LogP contribution in [0, 0.1) is 12.7 Å². The molecular formula is C35H37BrFN3O4S. The fraction of sp³-hybridized carbons (Fsp3) is 0.257. The van der Waals surface area contributed by atoms with Crippen LogP contribution >= 0.6 is 15.9 Å². The van der Waals surface area contributed by atoms with Crippen LogP contribution < -0.4 is 9.62 Å². The number of aryl methyl sites for hydroxylation is 1. The average Bonchev–Trinajstić information content (AvgIpc) is 3.03. The number of nitrogens with one attached hydrogen (secondary N) is 1. The highest BCUT2D eigenvalue weighted by molar-refractivity contribution is 9.10. The molecule has 1 N–H and O–H groups in total. The van der Waals surface area contributed by atoms with Crippen molar-refractivity contribution in [1.82, 2.24) is 10.2 Å². The lowest BCUT2D eigenvalue weighted by molar-refractivity contribution is -0.140. The highest BCUT2D eigenvalue weighted by Crippen LogP contribution is 2.27. The van der Waals surface area contributed by atoms with Crippen molar-refractivity contribution in [2.24, 2.45) is 0 Å². The van der Waals surface area contributed by atoms with E-state index in [-0.39, 0.29) is 35.2 Å². The molecule has 0 spiro atoms. The molecule has 7 nitrogen and oxygen atoms in total. The minimum absolute atomic E-state index is 0.0137. The van der Waals surface area contributed by atoms with Crippen molar-refractivity contribution in [3.63, 3.8) is 0 Å². The lowest BCUT2D eigenvalue weighted by Gasteiger charge is -2.34. The first kappa shape index (κ1) is 33.9. The second kappa shape index (κ2) is 15.3. The van der Waals surface area contributed by atoms with Gasteiger partial charge in [-0.15, -0.1) is 0 Å². The molecule has 0 heterocycles. The van der Waals surface area contributed by atoms with Gasteiger partial charge in [-0.05, 0) is 68.3 Å². The normalized spacial score (nSPS) is 12.6. The summed E-state index contributed by atoms with van der Waals surface area (Å²) in [5, 5.41) is 2.97. The van der Waals surface area contributed by atoms with E-state index in [4.69, 9.17) is 0 Å². The topological polar surface area (TPSA) is 86.8 Å². The zero-order chi connectivity index (χ0) is 32.6. The third kappa shape index (κ3) is 8.79. The van der Waals surface area contributed by atoms with E-state index in [9.17, 15) is 18.0 Å². The van der Waals surface area contributed by atoms with Gasteiger partial charge in [0.1, 0.15) is 18.4 Å². The molecule has 236 valence electrons. The molecule has 2 amide bonds. The Labute approximate surface area is 273 Å². The molecule has 2 atom stereocenters. The van der Waals surface area contributed by atoms with Crippen molar-refractivity contribution in [3.05, 3.63) is 130 Å². The number of hydrogen-bond acceptors (Lipinski definition) is 4. The summed E-state index contributed by atoms with van der Waals surface area (Å²) in [5.41, 5.74) is 2.15. The first-order valence-electron chi connectivity index (χ1n) is 14.7. The molecular weight excluding hydrogens is 657 g/mol. The monoisotopic (exact) mass is 693 g/mol. The molecule has 0 saturated carbocycles. The van der Waals surface area contributed by atoms with Crippen LogP contribution in [0.5, 0.6) is 0 Å². The van der Waals surface area contributed by atoms with Gasteiger partial charge in [-0.3, -0.25) is 13.9 Å². The fourth-order valence-corrected chi connectivity index (χ4v) is 6.46. The van der Waals surface area contributed by atoms with E-state index >= 15 is 4.39 Å². The largest absolute Gasteiger partial charge is 0.352 e. The minimum atomic E-state index is -4.23. The number of benzene rings is 4. The average molecular weight is 695 g/mol. The minimum Gasteiger partial charge on any atom is -0.352 e. The molecule has 0 aliphatic rings. The maximum absolute atomic E-state index is 15.0. The summed E-state index contributed by atoms with van der Waals surface area (Å²) < 4.78 is 45.0. The van der Waals surface area contributed by atoms with Crippen molar-refractivity contribution in [2.45, 2.75) is 57.1 Å². The highest BCUT2D eigenvalue weighted by Gasteiger charge is 2.35. The van der Waals surface area contributed by atoms with Crippen molar-refractivity contribution in [1.29, 1.82) is 0 Å². The Balaban J connectivity index is 1.81. The van der Waals surface area contributed by atoms with Crippen molar-refractivity contribution >= 4 is 43.5 Å². The lowest BCUT2D eigenvalue weighted by atomic mass is 10.0. The van der Waals surface area contributed by atoms with Gasteiger partial charge in [0.25, 0.3) is 10.0 Å². The van der Waals surface area contributed by atoms with Crippen LogP contribution in [0.15, 0.2) is 112 Å². The summed E-state index contributed by atoms with van der Waals surface area (Å²) >= 11 is 3.38. The van der Waals surface area contributed by atoms with E-state index in [0.717, 1.165) is 19.9 Å². The molecule has 0 fully saturated rings. The Morgan fingerprint density at radius 1 is 0.889 bits per heavy atom. The first-order valence-corrected chi connectivity index (χ1v) is 16.9. The quantitative estimate of drug-likeness (QED) is 0.170. The molecule has 4 aromatic carbocycles. The van der Waals surface area contributed by atoms with Gasteiger partial charge in [-0.2, -0.15) is 0 Å². The predicted molar refractivity (Wildman–Crippen MR) is 179 cm³/mol. The molecule has 10 heteroatoms. The summed E-state index contributed by atoms with van der Waals surface area (Å²) in [6.07, 6.45) is 0.809. The lowest BCUT2D eigenvalue weighted by Crippen LogP contribution is -2.54. The van der Waals surface area contributed by atoms with Gasteiger partial charge in [0.15, 0.2) is 0 Å². The van der Waals surface area contributed by atoms with Gasteiger partial charge in [0, 0.05) is 29.0 Å². The molecule has 0 aliphatic carbocycles. The number of anilines is 1. The van der Waals surface area contributed by atoms with E-state index in [0.29, 0.717) is 6.42 Å². The van der Waals surface area contributed by atoms with Crippen LogP contribution in [-0.2, 0) is 32.6 Å². The highest BCUT2D eigenvalue weighted by atomic mass is 79.9. The van der Waals surface area contributed by atoms with Crippen LogP contribution in [0.3, 0.4) is 0 Å². The Morgan fingerprint density at radius 2 is 1.51 bits per heavy atom. The number of hydrogen-bond donors (Lipinski definition) is 1. The SMILES string of the molecule is CCC(C)NC(=O)C(Cc1ccccc1)N(Cc1ccccc1F)C(=O)CN(c1ccc(Br)cc1)S(=O)(=O)c1ccc(C)cc1. The molecule has 4 aromatic rings. The number of halogens is 2. The van der Waals surface area contributed by atoms with Crippen molar-refractivity contribution in [2.75, 3.05) is 10.8 Å². The van der Waals surface area contributed by atoms with Crippen LogP contribution in [0.4, 0.5) is 10.1 Å². The number of sulfonamides is 1. The van der Waals surface area contributed by atoms with E-state index in [1.54, 1.807) is 54.6 Å². The standard InChI is InChI=1S/C35H37BrFN3O4S/c1-4-26(3)38-35(42)33(22-27-10-6-5-7-11-27)39(23-28-12-8-9-13-32(28)37)34(41)24-40(30-18-16-29(36)17-19-30)45(43,44)31-20-14-25(2)15-21-31/h5-21,26,33H,4,22-24H2,1-3H3,(H,38,42). The molecule has 0 saturated heterocycles. The number of nitrogens with zero attached hydrogens (tertiary/aromatic N) is 2.